The lowest BCUT2D eigenvalue weighted by Gasteiger charge is -2.20. The number of nitrogens with zero attached hydrogens (tertiary/aromatic N) is 3. The fraction of sp³-hybridized carbons (Fsp3) is 0.600. The summed E-state index contributed by atoms with van der Waals surface area (Å²) in [5.41, 5.74) is 6.29. The maximum atomic E-state index is 5.45. The van der Waals surface area contributed by atoms with Gasteiger partial charge in [0.2, 0.25) is 0 Å². The number of hydrogen-bond donors (Lipinski definition) is 1. The first-order chi connectivity index (χ1) is 6.81. The minimum absolute atomic E-state index is 0.452. The van der Waals surface area contributed by atoms with E-state index in [1.54, 1.807) is 0 Å². The van der Waals surface area contributed by atoms with E-state index in [0.717, 1.165) is 31.0 Å². The van der Waals surface area contributed by atoms with Crippen molar-refractivity contribution in [2.45, 2.75) is 26.8 Å². The van der Waals surface area contributed by atoms with E-state index in [-0.39, 0.29) is 0 Å². The van der Waals surface area contributed by atoms with Crippen LogP contribution >= 0.6 is 0 Å². The van der Waals surface area contributed by atoms with E-state index in [9.17, 15) is 0 Å². The van der Waals surface area contributed by atoms with Gasteiger partial charge < -0.3 is 10.6 Å². The third-order valence-corrected chi connectivity index (χ3v) is 2.11. The fourth-order valence-corrected chi connectivity index (χ4v) is 1.33. The highest BCUT2D eigenvalue weighted by molar-refractivity contribution is 5.36. The van der Waals surface area contributed by atoms with Gasteiger partial charge in [-0.1, -0.05) is 6.92 Å². The molecule has 1 aromatic heterocycles. The van der Waals surface area contributed by atoms with Gasteiger partial charge in [-0.15, -0.1) is 5.10 Å². The highest BCUT2D eigenvalue weighted by Gasteiger charge is 2.04. The molecular weight excluding hydrogens is 176 g/mol. The van der Waals surface area contributed by atoms with Crippen LogP contribution in [0.15, 0.2) is 12.1 Å². The summed E-state index contributed by atoms with van der Waals surface area (Å²) in [7, 11) is 0. The van der Waals surface area contributed by atoms with Crippen molar-refractivity contribution in [3.63, 3.8) is 0 Å². The smallest absolute Gasteiger partial charge is 0.151 e. The molecule has 0 aromatic carbocycles. The molecule has 4 heteroatoms. The van der Waals surface area contributed by atoms with Gasteiger partial charge in [0.05, 0.1) is 5.69 Å². The maximum absolute atomic E-state index is 5.45. The van der Waals surface area contributed by atoms with Crippen LogP contribution in [0, 0.1) is 0 Å². The molecule has 0 saturated carbocycles. The van der Waals surface area contributed by atoms with Crippen molar-refractivity contribution >= 4 is 5.82 Å². The zero-order valence-corrected chi connectivity index (χ0v) is 8.90. The molecule has 0 radical (unpaired) electrons. The Morgan fingerprint density at radius 2 is 2.07 bits per heavy atom. The van der Waals surface area contributed by atoms with Crippen LogP contribution < -0.4 is 10.6 Å². The van der Waals surface area contributed by atoms with Gasteiger partial charge in [-0.3, -0.25) is 0 Å². The summed E-state index contributed by atoms with van der Waals surface area (Å²) in [6.45, 7) is 6.71. The molecule has 2 N–H and O–H groups in total. The summed E-state index contributed by atoms with van der Waals surface area (Å²) >= 11 is 0. The van der Waals surface area contributed by atoms with Crippen molar-refractivity contribution in [1.29, 1.82) is 0 Å². The lowest BCUT2D eigenvalue weighted by molar-refractivity contribution is 0.759. The summed E-state index contributed by atoms with van der Waals surface area (Å²) in [4.78, 5) is 2.20. The Morgan fingerprint density at radius 1 is 1.29 bits per heavy atom. The van der Waals surface area contributed by atoms with Gasteiger partial charge in [0.15, 0.2) is 5.82 Å². The molecule has 0 unspecified atom stereocenters. The van der Waals surface area contributed by atoms with Crippen molar-refractivity contribution < 1.29 is 0 Å². The second kappa shape index (κ2) is 5.54. The Morgan fingerprint density at radius 3 is 2.50 bits per heavy atom. The summed E-state index contributed by atoms with van der Waals surface area (Å²) in [5.74, 6) is 0.937. The number of anilines is 1. The van der Waals surface area contributed by atoms with Crippen LogP contribution in [0.4, 0.5) is 5.82 Å². The van der Waals surface area contributed by atoms with Crippen LogP contribution in [0.3, 0.4) is 0 Å². The standard InChI is InChI=1S/C10H18N4/c1-3-7-14(4-2)10-6-5-9(8-11)12-13-10/h5-6H,3-4,7-8,11H2,1-2H3. The van der Waals surface area contributed by atoms with Gasteiger partial charge >= 0.3 is 0 Å². The third kappa shape index (κ3) is 2.67. The Bertz CT molecular complexity index is 257. The summed E-state index contributed by atoms with van der Waals surface area (Å²) in [6.07, 6.45) is 1.12. The minimum atomic E-state index is 0.452. The number of rotatable bonds is 5. The Kier molecular flexibility index (Phi) is 4.32. The molecule has 14 heavy (non-hydrogen) atoms. The first-order valence-electron chi connectivity index (χ1n) is 5.09. The lowest BCUT2D eigenvalue weighted by Crippen LogP contribution is -2.24. The van der Waals surface area contributed by atoms with Crippen LogP contribution in [0.25, 0.3) is 0 Å². The first kappa shape index (κ1) is 10.9. The predicted octanol–water partition coefficient (Wildman–Crippen LogP) is 1.17. The second-order valence-corrected chi connectivity index (χ2v) is 3.17. The predicted molar refractivity (Wildman–Crippen MR) is 58.1 cm³/mol. The van der Waals surface area contributed by atoms with Gasteiger partial charge in [-0.25, -0.2) is 0 Å². The molecule has 0 fully saturated rings. The average Bonchev–Trinajstić information content (AvgIpc) is 2.26. The Hall–Kier alpha value is -1.16. The first-order valence-corrected chi connectivity index (χ1v) is 5.09. The number of aromatic nitrogens is 2. The van der Waals surface area contributed by atoms with Gasteiger partial charge in [0, 0.05) is 19.6 Å². The van der Waals surface area contributed by atoms with E-state index in [1.165, 1.54) is 0 Å². The molecule has 1 rings (SSSR count). The topological polar surface area (TPSA) is 55.0 Å². The molecule has 4 nitrogen and oxygen atoms in total. The molecule has 78 valence electrons. The third-order valence-electron chi connectivity index (χ3n) is 2.11. The van der Waals surface area contributed by atoms with Crippen LogP contribution in [-0.4, -0.2) is 23.3 Å². The molecule has 0 spiro atoms. The van der Waals surface area contributed by atoms with Crippen LogP contribution in [0.1, 0.15) is 26.0 Å². The summed E-state index contributed by atoms with van der Waals surface area (Å²) < 4.78 is 0. The zero-order chi connectivity index (χ0) is 10.4. The van der Waals surface area contributed by atoms with E-state index >= 15 is 0 Å². The molecule has 0 bridgehead atoms. The van der Waals surface area contributed by atoms with Crippen molar-refractivity contribution in [2.24, 2.45) is 5.73 Å². The molecule has 0 atom stereocenters. The monoisotopic (exact) mass is 194 g/mol. The van der Waals surface area contributed by atoms with Crippen molar-refractivity contribution in [2.75, 3.05) is 18.0 Å². The average molecular weight is 194 g/mol. The van der Waals surface area contributed by atoms with Crippen LogP contribution in [-0.2, 0) is 6.54 Å². The zero-order valence-electron chi connectivity index (χ0n) is 8.90. The van der Waals surface area contributed by atoms with Crippen molar-refractivity contribution in [1.82, 2.24) is 10.2 Å². The summed E-state index contributed by atoms with van der Waals surface area (Å²) in [6, 6.07) is 3.91. The van der Waals surface area contributed by atoms with Gasteiger partial charge in [0.1, 0.15) is 0 Å². The molecule has 0 aliphatic rings. The highest BCUT2D eigenvalue weighted by Crippen LogP contribution is 2.09. The summed E-state index contributed by atoms with van der Waals surface area (Å²) in [5, 5.41) is 8.17. The number of hydrogen-bond acceptors (Lipinski definition) is 4. The van der Waals surface area contributed by atoms with Gasteiger partial charge in [0.25, 0.3) is 0 Å². The van der Waals surface area contributed by atoms with E-state index in [4.69, 9.17) is 5.73 Å². The Labute approximate surface area is 85.1 Å². The quantitative estimate of drug-likeness (QED) is 0.764. The molecule has 0 amide bonds. The molecule has 0 aliphatic carbocycles. The SMILES string of the molecule is CCCN(CC)c1ccc(CN)nn1. The van der Waals surface area contributed by atoms with Crippen molar-refractivity contribution in [3.8, 4) is 0 Å². The van der Waals surface area contributed by atoms with Gasteiger partial charge in [-0.2, -0.15) is 5.10 Å². The van der Waals surface area contributed by atoms with E-state index in [1.807, 2.05) is 12.1 Å². The van der Waals surface area contributed by atoms with E-state index < -0.39 is 0 Å². The molecule has 0 aliphatic heterocycles. The Balaban J connectivity index is 2.73. The fourth-order valence-electron chi connectivity index (χ4n) is 1.33. The molecule has 0 saturated heterocycles. The normalized spacial score (nSPS) is 10.2. The largest absolute Gasteiger partial charge is 0.355 e. The van der Waals surface area contributed by atoms with Crippen LogP contribution in [0.2, 0.25) is 0 Å². The van der Waals surface area contributed by atoms with Crippen molar-refractivity contribution in [3.05, 3.63) is 17.8 Å². The highest BCUT2D eigenvalue weighted by atomic mass is 15.3. The van der Waals surface area contributed by atoms with Gasteiger partial charge in [-0.05, 0) is 25.5 Å². The number of nitrogens with two attached hydrogens (primary N) is 1. The van der Waals surface area contributed by atoms with Crippen LogP contribution in [0.5, 0.6) is 0 Å². The molecule has 1 heterocycles. The minimum Gasteiger partial charge on any atom is -0.355 e. The van der Waals surface area contributed by atoms with E-state index in [2.05, 4.69) is 28.9 Å². The second-order valence-electron chi connectivity index (χ2n) is 3.17. The lowest BCUT2D eigenvalue weighted by atomic mass is 10.3. The molecular formula is C10H18N4. The maximum Gasteiger partial charge on any atom is 0.151 e. The molecule has 1 aromatic rings. The van der Waals surface area contributed by atoms with E-state index in [0.29, 0.717) is 6.54 Å².